The minimum atomic E-state index is 0.531. The van der Waals surface area contributed by atoms with Crippen LogP contribution in [0.3, 0.4) is 0 Å². The number of likely N-dealkylation sites (tertiary alicyclic amines) is 2. The number of hydrogen-bond donors (Lipinski definition) is 0. The molecule has 0 aliphatic carbocycles. The van der Waals surface area contributed by atoms with E-state index < -0.39 is 0 Å². The summed E-state index contributed by atoms with van der Waals surface area (Å²) in [5.74, 6) is 0. The summed E-state index contributed by atoms with van der Waals surface area (Å²) < 4.78 is 2.38. The predicted octanol–water partition coefficient (Wildman–Crippen LogP) is 6.86. The quantitative estimate of drug-likeness (QED) is 0.113. The molecule has 2 atom stereocenters. The maximum atomic E-state index is 4.73. The Balaban J connectivity index is 1.23. The van der Waals surface area contributed by atoms with Gasteiger partial charge in [-0.15, -0.1) is 0 Å². The number of unbranched alkanes of at least 4 members (excludes halogenated alkanes) is 4. The van der Waals surface area contributed by atoms with Crippen LogP contribution in [0.25, 0.3) is 0 Å². The molecule has 37 heavy (non-hydrogen) atoms. The van der Waals surface area contributed by atoms with Crippen molar-refractivity contribution in [2.45, 2.75) is 89.8 Å². The molecule has 2 aliphatic rings. The fourth-order valence-electron chi connectivity index (χ4n) is 5.53. The minimum absolute atomic E-state index is 0.531. The summed E-state index contributed by atoms with van der Waals surface area (Å²) in [5, 5.41) is 0. The monoisotopic (exact) mass is 503 g/mol. The lowest BCUT2D eigenvalue weighted by molar-refractivity contribution is -0.697. The number of nitrogens with zero attached hydrogens (tertiary/aromatic N) is 4. The molecule has 2 saturated heterocycles. The second-order valence-electron chi connectivity index (χ2n) is 10.7. The van der Waals surface area contributed by atoms with E-state index in [2.05, 4.69) is 109 Å². The molecule has 0 radical (unpaired) electrons. The van der Waals surface area contributed by atoms with Crippen LogP contribution in [0.15, 0.2) is 77.6 Å². The first-order valence-electron chi connectivity index (χ1n) is 14.7. The third kappa shape index (κ3) is 10.5. The van der Waals surface area contributed by atoms with Gasteiger partial charge in [-0.2, -0.15) is 0 Å². The van der Waals surface area contributed by atoms with Gasteiger partial charge in [-0.25, -0.2) is 4.57 Å². The van der Waals surface area contributed by atoms with Crippen molar-refractivity contribution in [3.05, 3.63) is 78.2 Å². The number of aliphatic imine (C=N–C) groups is 1. The molecule has 4 heteroatoms. The van der Waals surface area contributed by atoms with Crippen molar-refractivity contribution in [1.29, 1.82) is 0 Å². The van der Waals surface area contributed by atoms with Gasteiger partial charge < -0.3 is 0 Å². The smallest absolute Gasteiger partial charge is 0.173 e. The second-order valence-corrected chi connectivity index (χ2v) is 10.7. The molecule has 0 N–H and O–H groups in total. The van der Waals surface area contributed by atoms with Gasteiger partial charge in [0.1, 0.15) is 6.54 Å². The Morgan fingerprint density at radius 2 is 1.73 bits per heavy atom. The van der Waals surface area contributed by atoms with Gasteiger partial charge in [0.25, 0.3) is 0 Å². The Bertz CT molecular complexity index is 926. The average Bonchev–Trinajstić information content (AvgIpc) is 3.54. The van der Waals surface area contributed by atoms with Crippen molar-refractivity contribution in [3.63, 3.8) is 0 Å². The lowest BCUT2D eigenvalue weighted by Crippen LogP contribution is -2.34. The van der Waals surface area contributed by atoms with Crippen LogP contribution in [0, 0.1) is 0 Å². The van der Waals surface area contributed by atoms with E-state index in [0.717, 1.165) is 32.4 Å². The molecule has 0 aromatic carbocycles. The molecule has 2 aliphatic heterocycles. The van der Waals surface area contributed by atoms with Gasteiger partial charge in [0.2, 0.25) is 0 Å². The molecular formula is C33H51N4+. The maximum absolute atomic E-state index is 4.73. The molecule has 2 fully saturated rings. The van der Waals surface area contributed by atoms with Crippen molar-refractivity contribution < 1.29 is 4.57 Å². The Morgan fingerprint density at radius 1 is 0.973 bits per heavy atom. The lowest BCUT2D eigenvalue weighted by Gasteiger charge is -2.20. The summed E-state index contributed by atoms with van der Waals surface area (Å²) in [6.07, 6.45) is 34.5. The van der Waals surface area contributed by atoms with Crippen LogP contribution in [0.4, 0.5) is 0 Å². The van der Waals surface area contributed by atoms with Crippen LogP contribution < -0.4 is 4.57 Å². The van der Waals surface area contributed by atoms with Gasteiger partial charge in [0, 0.05) is 42.9 Å². The first-order chi connectivity index (χ1) is 18.2. The van der Waals surface area contributed by atoms with Crippen molar-refractivity contribution in [2.75, 3.05) is 33.7 Å². The molecule has 3 rings (SSSR count). The summed E-state index contributed by atoms with van der Waals surface area (Å²) in [5.41, 5.74) is 2.83. The normalized spacial score (nSPS) is 22.2. The predicted molar refractivity (Wildman–Crippen MR) is 159 cm³/mol. The topological polar surface area (TPSA) is 22.7 Å². The van der Waals surface area contributed by atoms with Crippen molar-refractivity contribution >= 4 is 6.21 Å². The first-order valence-corrected chi connectivity index (χ1v) is 14.7. The lowest BCUT2D eigenvalue weighted by atomic mass is 10.1. The van der Waals surface area contributed by atoms with Gasteiger partial charge in [0.15, 0.2) is 12.4 Å². The zero-order valence-electron chi connectivity index (χ0n) is 23.8. The van der Waals surface area contributed by atoms with Crippen LogP contribution in [0.2, 0.25) is 0 Å². The molecule has 202 valence electrons. The highest BCUT2D eigenvalue weighted by Gasteiger charge is 2.24. The number of aryl methyl sites for hydroxylation is 1. The van der Waals surface area contributed by atoms with E-state index in [0.29, 0.717) is 12.1 Å². The van der Waals surface area contributed by atoms with Gasteiger partial charge in [-0.3, -0.25) is 14.8 Å². The molecule has 0 amide bonds. The van der Waals surface area contributed by atoms with Crippen LogP contribution >= 0.6 is 0 Å². The largest absolute Gasteiger partial charge is 0.299 e. The van der Waals surface area contributed by atoms with E-state index in [1.165, 1.54) is 69.2 Å². The van der Waals surface area contributed by atoms with E-state index in [1.54, 1.807) is 0 Å². The Hall–Kier alpha value is -2.30. The Morgan fingerprint density at radius 3 is 2.43 bits per heavy atom. The van der Waals surface area contributed by atoms with Crippen LogP contribution in [-0.2, 0) is 6.54 Å². The first kappa shape index (κ1) is 29.3. The third-order valence-corrected chi connectivity index (χ3v) is 7.74. The Kier molecular flexibility index (Phi) is 13.6. The number of allylic oxidation sites excluding steroid dienone is 7. The summed E-state index contributed by atoms with van der Waals surface area (Å²) in [7, 11) is 4.48. The number of aromatic nitrogens is 1. The number of rotatable bonds is 15. The van der Waals surface area contributed by atoms with Gasteiger partial charge in [0.05, 0.1) is 0 Å². The van der Waals surface area contributed by atoms with E-state index in [1.807, 2.05) is 0 Å². The minimum Gasteiger partial charge on any atom is -0.299 e. The molecule has 3 heterocycles. The zero-order valence-corrected chi connectivity index (χ0v) is 23.8. The molecule has 0 saturated carbocycles. The summed E-state index contributed by atoms with van der Waals surface area (Å²) in [6.45, 7) is 6.52. The SMILES string of the molecule is C/C=C\C=C(/C=NCCCC/C=C\C=C/CCCC[n+]1cccc(C2CCCN2C)c1)C1CCCN1C. The standard InChI is InChI=1S/C33H51N4/c1-4-5-19-30(32-21-17-24-35(32)2)28-34-23-14-12-10-8-6-7-9-11-13-15-26-37-27-16-20-31(29-37)33-22-18-25-36(33)3/h4-9,16,19-20,27-29,32-33H,10-15,17-18,21-26H2,1-3H3/q+1/b5-4-,8-6-,9-7-,30-19+,34-28?. The maximum Gasteiger partial charge on any atom is 0.173 e. The highest BCUT2D eigenvalue weighted by Crippen LogP contribution is 2.29. The molecule has 4 nitrogen and oxygen atoms in total. The van der Waals surface area contributed by atoms with Crippen LogP contribution in [-0.4, -0.2) is 55.8 Å². The number of hydrogen-bond acceptors (Lipinski definition) is 3. The number of pyridine rings is 1. The molecule has 1 aromatic heterocycles. The zero-order chi connectivity index (χ0) is 26.1. The summed E-state index contributed by atoms with van der Waals surface area (Å²) in [4.78, 5) is 9.67. The molecule has 0 spiro atoms. The van der Waals surface area contributed by atoms with Gasteiger partial charge in [-0.1, -0.05) is 42.5 Å². The van der Waals surface area contributed by atoms with E-state index >= 15 is 0 Å². The van der Waals surface area contributed by atoms with E-state index in [4.69, 9.17) is 4.99 Å². The highest BCUT2D eigenvalue weighted by atomic mass is 15.2. The van der Waals surface area contributed by atoms with Gasteiger partial charge >= 0.3 is 0 Å². The average molecular weight is 504 g/mol. The molecule has 0 bridgehead atoms. The van der Waals surface area contributed by atoms with Gasteiger partial charge in [-0.05, 0) is 104 Å². The summed E-state index contributed by atoms with van der Waals surface area (Å²) >= 11 is 0. The van der Waals surface area contributed by atoms with Crippen molar-refractivity contribution in [2.24, 2.45) is 4.99 Å². The van der Waals surface area contributed by atoms with Crippen molar-refractivity contribution in [1.82, 2.24) is 9.80 Å². The fraction of sp³-hybridized carbons (Fsp3) is 0.576. The number of likely N-dealkylation sites (N-methyl/N-ethyl adjacent to an activating group) is 1. The summed E-state index contributed by atoms with van der Waals surface area (Å²) in [6, 6.07) is 5.65. The molecular weight excluding hydrogens is 452 g/mol. The molecule has 2 unspecified atom stereocenters. The highest BCUT2D eigenvalue weighted by molar-refractivity contribution is 5.80. The third-order valence-electron chi connectivity index (χ3n) is 7.74. The van der Waals surface area contributed by atoms with E-state index in [-0.39, 0.29) is 0 Å². The van der Waals surface area contributed by atoms with Crippen LogP contribution in [0.1, 0.15) is 82.7 Å². The Labute approximate surface area is 227 Å². The van der Waals surface area contributed by atoms with E-state index in [9.17, 15) is 0 Å². The molecule has 1 aromatic rings. The second kappa shape index (κ2) is 17.3. The van der Waals surface area contributed by atoms with Crippen LogP contribution in [0.5, 0.6) is 0 Å². The van der Waals surface area contributed by atoms with Crippen molar-refractivity contribution in [3.8, 4) is 0 Å². The fourth-order valence-corrected chi connectivity index (χ4v) is 5.53.